The fourth-order valence-electron chi connectivity index (χ4n) is 1.45. The highest BCUT2D eigenvalue weighted by molar-refractivity contribution is 9.10. The van der Waals surface area contributed by atoms with Crippen LogP contribution in [0.3, 0.4) is 0 Å². The lowest BCUT2D eigenvalue weighted by molar-refractivity contribution is -0.137. The quantitative estimate of drug-likeness (QED) is 0.827. The predicted molar refractivity (Wildman–Crippen MR) is 78.6 cm³/mol. The van der Waals surface area contributed by atoms with Crippen molar-refractivity contribution < 1.29 is 17.4 Å². The summed E-state index contributed by atoms with van der Waals surface area (Å²) in [5.74, 6) is 0. The molecular formula is C13H17BrF3NOS. The van der Waals surface area contributed by atoms with Crippen LogP contribution in [0.2, 0.25) is 0 Å². The van der Waals surface area contributed by atoms with E-state index in [4.69, 9.17) is 0 Å². The average Bonchev–Trinajstić information content (AvgIpc) is 2.26. The number of benzene rings is 1. The lowest BCUT2D eigenvalue weighted by Crippen LogP contribution is -2.35. The molecule has 1 aromatic rings. The zero-order valence-corrected chi connectivity index (χ0v) is 14.0. The van der Waals surface area contributed by atoms with Crippen LogP contribution in [0.15, 0.2) is 22.7 Å². The van der Waals surface area contributed by atoms with E-state index < -0.39 is 33.5 Å². The normalized spacial score (nSPS) is 16.0. The van der Waals surface area contributed by atoms with Crippen molar-refractivity contribution in [2.75, 3.05) is 0 Å². The minimum absolute atomic E-state index is 0.428. The van der Waals surface area contributed by atoms with Crippen molar-refractivity contribution in [3.63, 3.8) is 0 Å². The number of hydrogen-bond donors (Lipinski definition) is 1. The molecule has 0 saturated heterocycles. The van der Waals surface area contributed by atoms with Crippen molar-refractivity contribution in [1.29, 1.82) is 0 Å². The molecule has 0 aliphatic carbocycles. The molecule has 0 spiro atoms. The first-order chi connectivity index (χ1) is 8.93. The van der Waals surface area contributed by atoms with E-state index >= 15 is 0 Å². The smallest absolute Gasteiger partial charge is 0.242 e. The summed E-state index contributed by atoms with van der Waals surface area (Å²) in [6.07, 6.45) is -4.39. The Balaban J connectivity index is 3.04. The minimum Gasteiger partial charge on any atom is -0.242 e. The summed E-state index contributed by atoms with van der Waals surface area (Å²) < 4.78 is 53.1. The highest BCUT2D eigenvalue weighted by Gasteiger charge is 2.31. The molecule has 0 amide bonds. The lowest BCUT2D eigenvalue weighted by Gasteiger charge is -2.23. The molecular weight excluding hydrogens is 355 g/mol. The SMILES string of the molecule is CC(NS(=O)C(C)(C)C)c1cc(C(F)(F)F)ccc1Br. The first-order valence-electron chi connectivity index (χ1n) is 5.97. The van der Waals surface area contributed by atoms with E-state index in [9.17, 15) is 17.4 Å². The molecule has 2 unspecified atom stereocenters. The molecule has 7 heteroatoms. The molecule has 2 atom stereocenters. The van der Waals surface area contributed by atoms with Gasteiger partial charge in [0.15, 0.2) is 0 Å². The van der Waals surface area contributed by atoms with Gasteiger partial charge in [-0.25, -0.2) is 8.93 Å². The molecule has 0 radical (unpaired) electrons. The fourth-order valence-corrected chi connectivity index (χ4v) is 2.84. The fraction of sp³-hybridized carbons (Fsp3) is 0.538. The first kappa shape index (κ1) is 17.7. The Morgan fingerprint density at radius 3 is 2.25 bits per heavy atom. The van der Waals surface area contributed by atoms with Gasteiger partial charge in [0.05, 0.1) is 21.3 Å². The van der Waals surface area contributed by atoms with Gasteiger partial charge in [-0.1, -0.05) is 15.9 Å². The van der Waals surface area contributed by atoms with Crippen LogP contribution in [0.5, 0.6) is 0 Å². The van der Waals surface area contributed by atoms with Crippen LogP contribution in [0.1, 0.15) is 44.9 Å². The zero-order chi connectivity index (χ0) is 15.7. The number of rotatable bonds is 3. The number of halogens is 4. The van der Waals surface area contributed by atoms with Crippen molar-refractivity contribution in [2.24, 2.45) is 0 Å². The van der Waals surface area contributed by atoms with E-state index in [1.54, 1.807) is 27.7 Å². The van der Waals surface area contributed by atoms with Gasteiger partial charge in [-0.05, 0) is 51.5 Å². The summed E-state index contributed by atoms with van der Waals surface area (Å²) in [5.41, 5.74) is -0.289. The Morgan fingerprint density at radius 2 is 1.80 bits per heavy atom. The summed E-state index contributed by atoms with van der Waals surface area (Å²) in [6, 6.07) is 2.98. The monoisotopic (exact) mass is 371 g/mol. The van der Waals surface area contributed by atoms with Crippen LogP contribution in [0, 0.1) is 0 Å². The second-order valence-electron chi connectivity index (χ2n) is 5.45. The topological polar surface area (TPSA) is 29.1 Å². The van der Waals surface area contributed by atoms with E-state index in [1.807, 2.05) is 0 Å². The van der Waals surface area contributed by atoms with Crippen LogP contribution >= 0.6 is 15.9 Å². The zero-order valence-electron chi connectivity index (χ0n) is 11.6. The third kappa shape index (κ3) is 4.56. The highest BCUT2D eigenvalue weighted by atomic mass is 79.9. The number of hydrogen-bond acceptors (Lipinski definition) is 1. The molecule has 0 fully saturated rings. The van der Waals surface area contributed by atoms with Crippen LogP contribution < -0.4 is 4.72 Å². The van der Waals surface area contributed by atoms with E-state index in [2.05, 4.69) is 20.7 Å². The molecule has 1 aromatic carbocycles. The van der Waals surface area contributed by atoms with Gasteiger partial charge in [0.1, 0.15) is 0 Å². The van der Waals surface area contributed by atoms with Crippen molar-refractivity contribution >= 4 is 26.9 Å². The molecule has 114 valence electrons. The Morgan fingerprint density at radius 1 is 1.25 bits per heavy atom. The van der Waals surface area contributed by atoms with Gasteiger partial charge in [0, 0.05) is 10.5 Å². The van der Waals surface area contributed by atoms with Gasteiger partial charge < -0.3 is 0 Å². The number of nitrogens with one attached hydrogen (secondary N) is 1. The molecule has 0 aromatic heterocycles. The molecule has 20 heavy (non-hydrogen) atoms. The van der Waals surface area contributed by atoms with Gasteiger partial charge in [0.25, 0.3) is 0 Å². The van der Waals surface area contributed by atoms with E-state index in [0.717, 1.165) is 12.1 Å². The van der Waals surface area contributed by atoms with Crippen molar-refractivity contribution in [1.82, 2.24) is 4.72 Å². The third-order valence-electron chi connectivity index (χ3n) is 2.63. The van der Waals surface area contributed by atoms with Gasteiger partial charge >= 0.3 is 6.18 Å². The van der Waals surface area contributed by atoms with E-state index in [1.165, 1.54) is 6.07 Å². The summed E-state index contributed by atoms with van der Waals surface area (Å²) in [5, 5.41) is 0. The molecule has 0 aliphatic heterocycles. The molecule has 0 saturated carbocycles. The van der Waals surface area contributed by atoms with E-state index in [0.29, 0.717) is 10.0 Å². The van der Waals surface area contributed by atoms with Crippen LogP contribution in [0.25, 0.3) is 0 Å². The summed E-state index contributed by atoms with van der Waals surface area (Å²) >= 11 is 3.23. The maximum Gasteiger partial charge on any atom is 0.416 e. The maximum atomic E-state index is 12.7. The van der Waals surface area contributed by atoms with Crippen LogP contribution in [-0.4, -0.2) is 8.96 Å². The third-order valence-corrected chi connectivity index (χ3v) is 5.03. The van der Waals surface area contributed by atoms with Gasteiger partial charge in [-0.3, -0.25) is 0 Å². The van der Waals surface area contributed by atoms with Crippen LogP contribution in [-0.2, 0) is 17.2 Å². The average molecular weight is 372 g/mol. The van der Waals surface area contributed by atoms with Gasteiger partial charge in [-0.15, -0.1) is 0 Å². The molecule has 0 heterocycles. The molecule has 1 rings (SSSR count). The predicted octanol–water partition coefficient (Wildman–Crippen LogP) is 4.58. The van der Waals surface area contributed by atoms with Crippen molar-refractivity contribution in [3.05, 3.63) is 33.8 Å². The Labute approximate surface area is 127 Å². The largest absolute Gasteiger partial charge is 0.416 e. The maximum absolute atomic E-state index is 12.7. The van der Waals surface area contributed by atoms with E-state index in [-0.39, 0.29) is 0 Å². The minimum atomic E-state index is -4.39. The van der Waals surface area contributed by atoms with Crippen molar-refractivity contribution in [2.45, 2.75) is 44.7 Å². The van der Waals surface area contributed by atoms with Crippen molar-refractivity contribution in [3.8, 4) is 0 Å². The number of alkyl halides is 3. The summed E-state index contributed by atoms with van der Waals surface area (Å²) in [7, 11) is -1.36. The van der Waals surface area contributed by atoms with Gasteiger partial charge in [0.2, 0.25) is 0 Å². The highest BCUT2D eigenvalue weighted by Crippen LogP contribution is 2.34. The summed E-state index contributed by atoms with van der Waals surface area (Å²) in [4.78, 5) is 0. The second-order valence-corrected chi connectivity index (χ2v) is 8.31. The standard InChI is InChI=1S/C13H17BrF3NOS/c1-8(18-20(19)12(2,3)4)10-7-9(13(15,16)17)5-6-11(10)14/h5-8,18H,1-4H3. The second kappa shape index (κ2) is 6.15. The molecule has 0 bridgehead atoms. The Bertz CT molecular complexity index is 511. The van der Waals surface area contributed by atoms with Gasteiger partial charge in [-0.2, -0.15) is 13.2 Å². The molecule has 0 aliphatic rings. The Hall–Kier alpha value is -0.400. The molecule has 2 nitrogen and oxygen atoms in total. The summed E-state index contributed by atoms with van der Waals surface area (Å²) in [6.45, 7) is 7.07. The first-order valence-corrected chi connectivity index (χ1v) is 7.92. The molecule has 1 N–H and O–H groups in total. The Kier molecular flexibility index (Phi) is 5.43. The van der Waals surface area contributed by atoms with Crippen LogP contribution in [0.4, 0.5) is 13.2 Å². The lowest BCUT2D eigenvalue weighted by atomic mass is 10.1.